The van der Waals surface area contributed by atoms with Crippen LogP contribution in [0.25, 0.3) is 0 Å². The van der Waals surface area contributed by atoms with Crippen molar-refractivity contribution in [2.75, 3.05) is 13.1 Å². The molecule has 0 bridgehead atoms. The Hall–Kier alpha value is -1.68. The van der Waals surface area contributed by atoms with Crippen LogP contribution in [0.15, 0.2) is 24.3 Å². The number of amides is 1. The van der Waals surface area contributed by atoms with Gasteiger partial charge in [-0.3, -0.25) is 9.59 Å². The van der Waals surface area contributed by atoms with Gasteiger partial charge in [0.15, 0.2) is 0 Å². The second kappa shape index (κ2) is 8.81. The number of hydrogen-bond acceptors (Lipinski definition) is 3. The summed E-state index contributed by atoms with van der Waals surface area (Å²) in [5.41, 5.74) is 2.08. The number of piperidine rings is 1. The van der Waals surface area contributed by atoms with Crippen LogP contribution in [0, 0.1) is 11.8 Å². The summed E-state index contributed by atoms with van der Waals surface area (Å²) in [5, 5.41) is 6.55. The normalized spacial score (nSPS) is 24.4. The highest BCUT2D eigenvalue weighted by Crippen LogP contribution is 2.28. The standard InChI is InChI=1S/C22H32N2O2/c1-15(2)21(25)18-7-9-20(10-8-18)24-22(26)19-5-3-16(4-6-19)17-11-13-23-14-12-17/h3-6,15,17-18,20,23H,7-14H2,1-2H3,(H,24,26). The summed E-state index contributed by atoms with van der Waals surface area (Å²) in [6.07, 6.45) is 5.95. The van der Waals surface area contributed by atoms with Crippen LogP contribution in [0.1, 0.15) is 74.2 Å². The van der Waals surface area contributed by atoms with Crippen molar-refractivity contribution >= 4 is 11.7 Å². The van der Waals surface area contributed by atoms with Gasteiger partial charge in [0.25, 0.3) is 5.91 Å². The predicted octanol–water partition coefficient (Wildman–Crippen LogP) is 3.67. The second-order valence-corrected chi connectivity index (χ2v) is 8.23. The summed E-state index contributed by atoms with van der Waals surface area (Å²) in [5.74, 6) is 1.31. The highest BCUT2D eigenvalue weighted by atomic mass is 16.1. The Labute approximate surface area is 157 Å². The molecule has 2 aliphatic rings. The van der Waals surface area contributed by atoms with Gasteiger partial charge in [-0.05, 0) is 75.2 Å². The Morgan fingerprint density at radius 1 is 0.962 bits per heavy atom. The number of carbonyl (C=O) groups is 2. The van der Waals surface area contributed by atoms with Crippen LogP contribution in [0.5, 0.6) is 0 Å². The summed E-state index contributed by atoms with van der Waals surface area (Å²) in [4.78, 5) is 24.7. The number of hydrogen-bond donors (Lipinski definition) is 2. The lowest BCUT2D eigenvalue weighted by Crippen LogP contribution is -2.39. The molecule has 1 aliphatic heterocycles. The molecule has 2 N–H and O–H groups in total. The second-order valence-electron chi connectivity index (χ2n) is 8.23. The fraction of sp³-hybridized carbons (Fsp3) is 0.636. The van der Waals surface area contributed by atoms with Crippen molar-refractivity contribution in [3.05, 3.63) is 35.4 Å². The third-order valence-corrected chi connectivity index (χ3v) is 6.02. The van der Waals surface area contributed by atoms with Gasteiger partial charge in [-0.1, -0.05) is 26.0 Å². The molecule has 3 rings (SSSR count). The fourth-order valence-electron chi connectivity index (χ4n) is 4.32. The van der Waals surface area contributed by atoms with Crippen LogP contribution < -0.4 is 10.6 Å². The van der Waals surface area contributed by atoms with E-state index in [4.69, 9.17) is 0 Å². The van der Waals surface area contributed by atoms with Crippen LogP contribution in [-0.4, -0.2) is 30.8 Å². The molecule has 0 spiro atoms. The minimum atomic E-state index is 0.0143. The van der Waals surface area contributed by atoms with Gasteiger partial charge in [0.05, 0.1) is 0 Å². The van der Waals surface area contributed by atoms with Gasteiger partial charge in [-0.25, -0.2) is 0 Å². The minimum Gasteiger partial charge on any atom is -0.349 e. The van der Waals surface area contributed by atoms with Crippen LogP contribution >= 0.6 is 0 Å². The molecule has 142 valence electrons. The van der Waals surface area contributed by atoms with Gasteiger partial charge >= 0.3 is 0 Å². The molecule has 4 nitrogen and oxygen atoms in total. The Morgan fingerprint density at radius 2 is 1.58 bits per heavy atom. The first-order valence-corrected chi connectivity index (χ1v) is 10.2. The lowest BCUT2D eigenvalue weighted by atomic mass is 9.80. The zero-order chi connectivity index (χ0) is 18.5. The Kier molecular flexibility index (Phi) is 6.47. The highest BCUT2D eigenvalue weighted by Gasteiger charge is 2.28. The molecular weight excluding hydrogens is 324 g/mol. The maximum Gasteiger partial charge on any atom is 0.251 e. The number of benzene rings is 1. The number of Topliss-reactive ketones (excluding diaryl/α,β-unsaturated/α-hetero) is 1. The van der Waals surface area contributed by atoms with Crippen molar-refractivity contribution in [1.82, 2.24) is 10.6 Å². The smallest absolute Gasteiger partial charge is 0.251 e. The lowest BCUT2D eigenvalue weighted by molar-refractivity contribution is -0.126. The molecule has 26 heavy (non-hydrogen) atoms. The van der Waals surface area contributed by atoms with E-state index < -0.39 is 0 Å². The van der Waals surface area contributed by atoms with Gasteiger partial charge in [0, 0.05) is 23.4 Å². The van der Waals surface area contributed by atoms with Crippen molar-refractivity contribution in [2.45, 2.75) is 64.3 Å². The summed E-state index contributed by atoms with van der Waals surface area (Å²) in [7, 11) is 0. The molecule has 1 saturated carbocycles. The summed E-state index contributed by atoms with van der Waals surface area (Å²) in [6, 6.07) is 8.34. The van der Waals surface area contributed by atoms with Gasteiger partial charge in [0.2, 0.25) is 0 Å². The first kappa shape index (κ1) is 19.1. The van der Waals surface area contributed by atoms with Crippen molar-refractivity contribution < 1.29 is 9.59 Å². The topological polar surface area (TPSA) is 58.2 Å². The summed E-state index contributed by atoms with van der Waals surface area (Å²) in [6.45, 7) is 6.11. The van der Waals surface area contributed by atoms with Crippen LogP contribution in [0.3, 0.4) is 0 Å². The van der Waals surface area contributed by atoms with Crippen molar-refractivity contribution in [2.24, 2.45) is 11.8 Å². The van der Waals surface area contributed by atoms with Gasteiger partial charge < -0.3 is 10.6 Å². The first-order chi connectivity index (χ1) is 12.5. The molecule has 0 unspecified atom stereocenters. The largest absolute Gasteiger partial charge is 0.349 e. The van der Waals surface area contributed by atoms with Crippen molar-refractivity contribution in [1.29, 1.82) is 0 Å². The van der Waals surface area contributed by atoms with Crippen LogP contribution in [0.2, 0.25) is 0 Å². The van der Waals surface area contributed by atoms with E-state index >= 15 is 0 Å². The third kappa shape index (κ3) is 4.73. The Balaban J connectivity index is 1.50. The molecule has 0 atom stereocenters. The molecule has 1 amide bonds. The summed E-state index contributed by atoms with van der Waals surface area (Å²) >= 11 is 0. The average Bonchev–Trinajstić information content (AvgIpc) is 2.68. The number of ketones is 1. The predicted molar refractivity (Wildman–Crippen MR) is 104 cm³/mol. The number of carbonyl (C=O) groups excluding carboxylic acids is 2. The SMILES string of the molecule is CC(C)C(=O)C1CCC(NC(=O)c2ccc(C3CCNCC3)cc2)CC1. The van der Waals surface area contributed by atoms with Crippen molar-refractivity contribution in [3.63, 3.8) is 0 Å². The molecule has 1 saturated heterocycles. The number of nitrogens with one attached hydrogen (secondary N) is 2. The maximum atomic E-state index is 12.5. The zero-order valence-electron chi connectivity index (χ0n) is 16.1. The van der Waals surface area contributed by atoms with E-state index in [0.29, 0.717) is 11.7 Å². The maximum absolute atomic E-state index is 12.5. The highest BCUT2D eigenvalue weighted by molar-refractivity contribution is 5.94. The molecule has 1 aromatic rings. The van der Waals surface area contributed by atoms with E-state index in [-0.39, 0.29) is 23.8 Å². The van der Waals surface area contributed by atoms with E-state index in [2.05, 4.69) is 22.8 Å². The van der Waals surface area contributed by atoms with Gasteiger partial charge in [-0.2, -0.15) is 0 Å². The molecule has 0 aromatic heterocycles. The van der Waals surface area contributed by atoms with E-state index in [1.807, 2.05) is 26.0 Å². The molecule has 0 radical (unpaired) electrons. The third-order valence-electron chi connectivity index (χ3n) is 6.02. The van der Waals surface area contributed by atoms with Gasteiger partial charge in [-0.15, -0.1) is 0 Å². The quantitative estimate of drug-likeness (QED) is 0.846. The molecule has 4 heteroatoms. The van der Waals surface area contributed by atoms with Crippen LogP contribution in [-0.2, 0) is 4.79 Å². The lowest BCUT2D eigenvalue weighted by Gasteiger charge is -2.29. The zero-order valence-corrected chi connectivity index (χ0v) is 16.1. The molecule has 2 fully saturated rings. The van der Waals surface area contributed by atoms with Crippen molar-refractivity contribution in [3.8, 4) is 0 Å². The molecule has 1 aliphatic carbocycles. The summed E-state index contributed by atoms with van der Waals surface area (Å²) < 4.78 is 0. The van der Waals surface area contributed by atoms with E-state index in [1.54, 1.807) is 0 Å². The van der Waals surface area contributed by atoms with Gasteiger partial charge in [0.1, 0.15) is 5.78 Å². The van der Waals surface area contributed by atoms with E-state index in [1.165, 1.54) is 18.4 Å². The van der Waals surface area contributed by atoms with Crippen LogP contribution in [0.4, 0.5) is 0 Å². The number of rotatable bonds is 5. The molecular formula is C22H32N2O2. The Morgan fingerprint density at radius 3 is 2.15 bits per heavy atom. The van der Waals surface area contributed by atoms with E-state index in [9.17, 15) is 9.59 Å². The first-order valence-electron chi connectivity index (χ1n) is 10.2. The van der Waals surface area contributed by atoms with E-state index in [0.717, 1.165) is 44.3 Å². The Bertz CT molecular complexity index is 610. The average molecular weight is 357 g/mol. The monoisotopic (exact) mass is 356 g/mol. The molecule has 1 heterocycles. The minimum absolute atomic E-state index is 0.0143. The molecule has 1 aromatic carbocycles. The fourth-order valence-corrected chi connectivity index (χ4v) is 4.32.